The van der Waals surface area contributed by atoms with E-state index in [0.717, 1.165) is 24.8 Å². The van der Waals surface area contributed by atoms with Crippen LogP contribution in [0, 0.1) is 18.8 Å². The molecule has 0 unspecified atom stereocenters. The topological polar surface area (TPSA) is 57.6 Å². The second kappa shape index (κ2) is 6.40. The van der Waals surface area contributed by atoms with E-state index in [1.807, 2.05) is 6.92 Å². The summed E-state index contributed by atoms with van der Waals surface area (Å²) in [4.78, 5) is 0.242. The Morgan fingerprint density at radius 2 is 1.95 bits per heavy atom. The Hall–Kier alpha value is -1.35. The van der Waals surface area contributed by atoms with Crippen LogP contribution in [-0.2, 0) is 10.0 Å². The number of sulfonamides is 1. The highest BCUT2D eigenvalue weighted by atomic mass is 32.2. The molecule has 1 aliphatic heterocycles. The fourth-order valence-corrected chi connectivity index (χ4v) is 3.99. The van der Waals surface area contributed by atoms with Gasteiger partial charge in [0, 0.05) is 18.7 Å². The van der Waals surface area contributed by atoms with Crippen molar-refractivity contribution in [1.29, 1.82) is 0 Å². The zero-order valence-corrected chi connectivity index (χ0v) is 12.4. The average molecular weight is 293 g/mol. The molecule has 0 aliphatic carbocycles. The van der Waals surface area contributed by atoms with Gasteiger partial charge in [0.2, 0.25) is 10.0 Å². The van der Waals surface area contributed by atoms with Gasteiger partial charge >= 0.3 is 0 Å². The third-order valence-corrected chi connectivity index (χ3v) is 5.33. The highest BCUT2D eigenvalue weighted by Crippen LogP contribution is 2.24. The first-order valence-corrected chi connectivity index (χ1v) is 8.20. The fourth-order valence-electron chi connectivity index (χ4n) is 2.35. The van der Waals surface area contributed by atoms with Crippen LogP contribution in [0.1, 0.15) is 30.4 Å². The van der Waals surface area contributed by atoms with Crippen molar-refractivity contribution in [2.24, 2.45) is 0 Å². The fraction of sp³-hybridized carbons (Fsp3) is 0.467. The summed E-state index contributed by atoms with van der Waals surface area (Å²) in [6.45, 7) is 2.75. The molecule has 0 atom stereocenters. The van der Waals surface area contributed by atoms with E-state index in [-0.39, 0.29) is 11.5 Å². The van der Waals surface area contributed by atoms with Gasteiger partial charge in [0.1, 0.15) is 6.61 Å². The summed E-state index contributed by atoms with van der Waals surface area (Å²) >= 11 is 0. The molecule has 1 aliphatic rings. The summed E-state index contributed by atoms with van der Waals surface area (Å²) in [5, 5.41) is 8.81. The van der Waals surface area contributed by atoms with E-state index in [4.69, 9.17) is 5.11 Å². The average Bonchev–Trinajstić information content (AvgIpc) is 2.46. The van der Waals surface area contributed by atoms with Gasteiger partial charge in [0.15, 0.2) is 0 Å². The van der Waals surface area contributed by atoms with E-state index < -0.39 is 10.0 Å². The standard InChI is InChI=1S/C15H19NO3S/c1-13-7-8-15(14(12-13)6-5-11-17)20(18,19)16-9-3-2-4-10-16/h7-8,12,17H,2-4,9-11H2,1H3. The minimum Gasteiger partial charge on any atom is -0.384 e. The van der Waals surface area contributed by atoms with E-state index in [9.17, 15) is 8.42 Å². The van der Waals surface area contributed by atoms with Crippen molar-refractivity contribution in [2.45, 2.75) is 31.1 Å². The minimum atomic E-state index is -3.49. The molecule has 0 aromatic heterocycles. The molecule has 0 radical (unpaired) electrons. The zero-order chi connectivity index (χ0) is 14.6. The van der Waals surface area contributed by atoms with Crippen LogP contribution >= 0.6 is 0 Å². The molecule has 20 heavy (non-hydrogen) atoms. The quantitative estimate of drug-likeness (QED) is 0.841. The number of aliphatic hydroxyl groups excluding tert-OH is 1. The number of benzene rings is 1. The van der Waals surface area contributed by atoms with Gasteiger partial charge in [-0.1, -0.05) is 24.3 Å². The normalized spacial score (nSPS) is 16.5. The van der Waals surface area contributed by atoms with Gasteiger partial charge in [-0.2, -0.15) is 4.31 Å². The van der Waals surface area contributed by atoms with Gasteiger partial charge in [-0.25, -0.2) is 8.42 Å². The highest BCUT2D eigenvalue weighted by Gasteiger charge is 2.27. The molecule has 4 nitrogen and oxygen atoms in total. The Morgan fingerprint density at radius 3 is 2.60 bits per heavy atom. The van der Waals surface area contributed by atoms with Crippen molar-refractivity contribution in [3.8, 4) is 11.8 Å². The molecule has 0 amide bonds. The molecule has 1 aromatic carbocycles. The predicted octanol–water partition coefficient (Wildman–Crippen LogP) is 1.51. The number of nitrogens with zero attached hydrogens (tertiary/aromatic N) is 1. The van der Waals surface area contributed by atoms with Crippen molar-refractivity contribution in [1.82, 2.24) is 4.31 Å². The number of hydrogen-bond acceptors (Lipinski definition) is 3. The maximum atomic E-state index is 12.7. The Bertz CT molecular complexity index is 635. The zero-order valence-electron chi connectivity index (χ0n) is 11.6. The maximum Gasteiger partial charge on any atom is 0.244 e. The summed E-state index contributed by atoms with van der Waals surface area (Å²) in [6, 6.07) is 5.14. The molecule has 0 bridgehead atoms. The summed E-state index contributed by atoms with van der Waals surface area (Å²) < 4.78 is 26.9. The number of aryl methyl sites for hydroxylation is 1. The molecule has 108 valence electrons. The monoisotopic (exact) mass is 293 g/mol. The van der Waals surface area contributed by atoms with Gasteiger partial charge < -0.3 is 5.11 Å². The van der Waals surface area contributed by atoms with Crippen LogP contribution in [-0.4, -0.2) is 37.5 Å². The first-order chi connectivity index (χ1) is 9.55. The van der Waals surface area contributed by atoms with Crippen LogP contribution in [0.2, 0.25) is 0 Å². The molecule has 1 saturated heterocycles. The second-order valence-corrected chi connectivity index (χ2v) is 6.83. The summed E-state index contributed by atoms with van der Waals surface area (Å²) in [5.74, 6) is 5.27. The molecule has 1 heterocycles. The number of rotatable bonds is 2. The van der Waals surface area contributed by atoms with E-state index in [1.165, 1.54) is 4.31 Å². The molecular weight excluding hydrogens is 274 g/mol. The molecule has 1 fully saturated rings. The van der Waals surface area contributed by atoms with E-state index in [1.54, 1.807) is 18.2 Å². The third kappa shape index (κ3) is 3.21. The number of hydrogen-bond donors (Lipinski definition) is 1. The van der Waals surface area contributed by atoms with Crippen molar-refractivity contribution >= 4 is 10.0 Å². The van der Waals surface area contributed by atoms with E-state index in [2.05, 4.69) is 11.8 Å². The van der Waals surface area contributed by atoms with Crippen LogP contribution in [0.4, 0.5) is 0 Å². The van der Waals surface area contributed by atoms with Gasteiger partial charge in [-0.05, 0) is 37.5 Å². The van der Waals surface area contributed by atoms with E-state index in [0.29, 0.717) is 18.7 Å². The van der Waals surface area contributed by atoms with Crippen LogP contribution in [0.5, 0.6) is 0 Å². The lowest BCUT2D eigenvalue weighted by Gasteiger charge is -2.26. The van der Waals surface area contributed by atoms with Crippen LogP contribution in [0.15, 0.2) is 23.1 Å². The Balaban J connectivity index is 2.45. The largest absolute Gasteiger partial charge is 0.384 e. The Labute approximate surface area is 120 Å². The third-order valence-electron chi connectivity index (χ3n) is 3.37. The van der Waals surface area contributed by atoms with Crippen LogP contribution in [0.3, 0.4) is 0 Å². The lowest BCUT2D eigenvalue weighted by Crippen LogP contribution is -2.36. The molecule has 0 spiro atoms. The molecule has 2 rings (SSSR count). The minimum absolute atomic E-state index is 0.242. The Kier molecular flexibility index (Phi) is 4.81. The summed E-state index contributed by atoms with van der Waals surface area (Å²) in [7, 11) is -3.49. The molecule has 0 saturated carbocycles. The summed E-state index contributed by atoms with van der Waals surface area (Å²) in [6.07, 6.45) is 2.89. The molecular formula is C15H19NO3S. The lowest BCUT2D eigenvalue weighted by atomic mass is 10.1. The van der Waals surface area contributed by atoms with Crippen molar-refractivity contribution in [3.63, 3.8) is 0 Å². The predicted molar refractivity (Wildman–Crippen MR) is 77.8 cm³/mol. The van der Waals surface area contributed by atoms with Gasteiger partial charge in [0.25, 0.3) is 0 Å². The second-order valence-electron chi connectivity index (χ2n) is 4.92. The molecule has 1 N–H and O–H groups in total. The lowest BCUT2D eigenvalue weighted by molar-refractivity contribution is 0.346. The first-order valence-electron chi connectivity index (χ1n) is 6.76. The van der Waals surface area contributed by atoms with Crippen LogP contribution in [0.25, 0.3) is 0 Å². The van der Waals surface area contributed by atoms with E-state index >= 15 is 0 Å². The van der Waals surface area contributed by atoms with Crippen molar-refractivity contribution < 1.29 is 13.5 Å². The first kappa shape index (κ1) is 15.0. The molecule has 5 heteroatoms. The smallest absolute Gasteiger partial charge is 0.244 e. The van der Waals surface area contributed by atoms with Gasteiger partial charge in [-0.3, -0.25) is 0 Å². The SMILES string of the molecule is Cc1ccc(S(=O)(=O)N2CCCCC2)c(C#CCO)c1. The van der Waals surface area contributed by atoms with Crippen molar-refractivity contribution in [3.05, 3.63) is 29.3 Å². The molecule has 1 aromatic rings. The van der Waals surface area contributed by atoms with Crippen LogP contribution < -0.4 is 0 Å². The maximum absolute atomic E-state index is 12.7. The number of piperidine rings is 1. The van der Waals surface area contributed by atoms with Gasteiger partial charge in [0.05, 0.1) is 4.90 Å². The summed E-state index contributed by atoms with van der Waals surface area (Å²) in [5.41, 5.74) is 1.41. The number of aliphatic hydroxyl groups is 1. The highest BCUT2D eigenvalue weighted by molar-refractivity contribution is 7.89. The Morgan fingerprint density at radius 1 is 1.25 bits per heavy atom. The van der Waals surface area contributed by atoms with Gasteiger partial charge in [-0.15, -0.1) is 0 Å². The van der Waals surface area contributed by atoms with Crippen molar-refractivity contribution in [2.75, 3.05) is 19.7 Å².